The normalized spacial score (nSPS) is 28.5. The maximum atomic E-state index is 16.2. The Labute approximate surface area is 647 Å². The summed E-state index contributed by atoms with van der Waals surface area (Å²) in [5.41, 5.74) is -2.11. The standard InChI is InChI=1S/C24H25ClFN5O7.C24H26ClN5O8.C23H24FN5O8/c1-10-8-30-16-12(7-24(18(30)11(2)37-10)20(32)27-22(34)28-21(24)33)6-14-17(15(16)25)38-29-19(14)31-13(4-3-5-26)9-36-23(31)35;1-10-8-29-16-12(7-24(18(29)11(2)37-10)20(32)26-22(34)27-21(24)33)6-14-17(15(16)25)38-28-19(14)30-13(4-3-5-31)9-36-23(30)35;1-9-6-28-15-11(5-23(17(28)10(2)35-9)19(30)25-21(32)26-20(23)31)4-13-16(14(15)24)37-27-18(13)29-7-12(8-34-3)36-22(29)33/h6,10-11,13,18H,3-5,7-9H2,1-2H3,(H2,27,28,32,33,34);6,10-11,13,18,31H,3-5,7-9H2,1-2H3,(H2,26,27,32,33,34);4,9-10,12,17H,5-8H2,1-3H3,(H2,25,26,30,31,32)/t2*10-,11+,13+,18-;9-,10+,12+,17-/m111/s1. The summed E-state index contributed by atoms with van der Waals surface area (Å²) in [4.78, 5) is 163. The first-order valence-electron chi connectivity index (χ1n) is 36.6. The molecule has 600 valence electrons. The van der Waals surface area contributed by atoms with Gasteiger partial charge in [0.25, 0.3) is 0 Å². The molecule has 0 saturated carbocycles. The maximum absolute atomic E-state index is 16.2. The summed E-state index contributed by atoms with van der Waals surface area (Å²) < 4.78 is 84.4. The lowest BCUT2D eigenvalue weighted by Gasteiger charge is -2.55. The van der Waals surface area contributed by atoms with Crippen molar-refractivity contribution in [2.45, 2.75) is 159 Å². The van der Waals surface area contributed by atoms with Crippen LogP contribution in [-0.2, 0) is 81.2 Å². The number of anilines is 6. The number of ether oxygens (including phenoxy) is 7. The number of carbonyl (C=O) groups excluding carboxylic acids is 12. The number of carbonyl (C=O) groups is 12. The maximum Gasteiger partial charge on any atom is 0.416 e. The Bertz CT molecular complexity index is 4830. The number of nitrogens with zero attached hydrogens (tertiary/aromatic N) is 9. The van der Waals surface area contributed by atoms with E-state index in [9.17, 15) is 67.0 Å². The van der Waals surface area contributed by atoms with Gasteiger partial charge in [0.2, 0.25) is 41.0 Å². The number of methoxy groups -OCH3 is 1. The molecule has 42 heteroatoms. The Morgan fingerprint density at radius 3 is 1.27 bits per heavy atom. The van der Waals surface area contributed by atoms with Crippen LogP contribution in [0.15, 0.2) is 31.8 Å². The molecule has 9 fully saturated rings. The lowest BCUT2D eigenvalue weighted by Crippen LogP contribution is -2.75. The van der Waals surface area contributed by atoms with Crippen molar-refractivity contribution in [1.29, 1.82) is 0 Å². The molecule has 3 aromatic heterocycles. The molecule has 0 aliphatic carbocycles. The van der Waals surface area contributed by atoms with Crippen molar-refractivity contribution in [2.75, 3.05) is 95.8 Å². The van der Waals surface area contributed by atoms with E-state index in [4.69, 9.17) is 69.9 Å². The van der Waals surface area contributed by atoms with Crippen molar-refractivity contribution in [1.82, 2.24) is 47.4 Å². The second-order valence-electron chi connectivity index (χ2n) is 30.1. The minimum atomic E-state index is -1.77. The summed E-state index contributed by atoms with van der Waals surface area (Å²) in [5.74, 6) is -4.80. The fraction of sp³-hybridized carbons (Fsp3) is 0.535. The molecule has 6 aromatic rings. The number of nitrogens with one attached hydrogen (secondary N) is 6. The number of hydrogen-bond acceptors (Lipinski definition) is 29. The second-order valence-corrected chi connectivity index (χ2v) is 30.9. The van der Waals surface area contributed by atoms with Crippen molar-refractivity contribution < 1.29 is 118 Å². The average molecular weight is 1620 g/mol. The molecule has 15 amide bonds. The van der Waals surface area contributed by atoms with Gasteiger partial charge in [0, 0.05) is 39.8 Å². The van der Waals surface area contributed by atoms with E-state index in [1.807, 2.05) is 23.6 Å². The van der Waals surface area contributed by atoms with E-state index in [0.29, 0.717) is 71.2 Å². The first kappa shape index (κ1) is 76.3. The Balaban J connectivity index is 0.000000128. The number of fused-ring (bicyclic) bond motifs is 15. The van der Waals surface area contributed by atoms with E-state index < -0.39 is 149 Å². The molecule has 3 spiro atoms. The zero-order valence-electron chi connectivity index (χ0n) is 61.4. The largest absolute Gasteiger partial charge is 0.447 e. The Kier molecular flexibility index (Phi) is 19.2. The second kappa shape index (κ2) is 28.5. The van der Waals surface area contributed by atoms with Crippen LogP contribution in [0.1, 0.15) is 83.9 Å². The molecular formula is C71H75Cl2F2N15O23. The van der Waals surface area contributed by atoms with Crippen molar-refractivity contribution in [2.24, 2.45) is 16.2 Å². The number of rotatable bonds is 11. The molecule has 12 aliphatic heterocycles. The van der Waals surface area contributed by atoms with E-state index in [2.05, 4.69) is 47.4 Å². The first-order chi connectivity index (χ1) is 54.0. The lowest BCUT2D eigenvalue weighted by molar-refractivity contribution is -0.154. The smallest absolute Gasteiger partial charge is 0.416 e. The molecular weight excluding hydrogens is 1540 g/mol. The fourth-order valence-corrected chi connectivity index (χ4v) is 19.6. The van der Waals surface area contributed by atoms with Crippen LogP contribution in [0.4, 0.5) is 72.1 Å². The van der Waals surface area contributed by atoms with Crippen molar-refractivity contribution in [3.63, 3.8) is 0 Å². The molecule has 18 rings (SSSR count). The number of amides is 15. The Hall–Kier alpha value is -10.6. The number of urea groups is 3. The van der Waals surface area contributed by atoms with Gasteiger partial charge < -0.3 is 66.5 Å². The molecule has 38 nitrogen and oxygen atoms in total. The highest BCUT2D eigenvalue weighted by atomic mass is 35.5. The predicted molar refractivity (Wildman–Crippen MR) is 385 cm³/mol. The summed E-state index contributed by atoms with van der Waals surface area (Å²) in [7, 11) is 1.48. The average Bonchev–Trinajstić information content (AvgIpc) is 1.59. The van der Waals surface area contributed by atoms with Crippen molar-refractivity contribution >= 4 is 162 Å². The number of alkyl halides is 1. The Morgan fingerprint density at radius 1 is 0.513 bits per heavy atom. The highest BCUT2D eigenvalue weighted by molar-refractivity contribution is 6.39. The molecule has 0 bridgehead atoms. The van der Waals surface area contributed by atoms with E-state index >= 15 is 4.39 Å². The minimum Gasteiger partial charge on any atom is -0.447 e. The number of barbiturate groups is 3. The highest BCUT2D eigenvalue weighted by Crippen LogP contribution is 2.56. The molecule has 3 aromatic carbocycles. The number of hydrogen-bond donors (Lipinski definition) is 7. The quantitative estimate of drug-likeness (QED) is 0.0680. The van der Waals surface area contributed by atoms with Crippen LogP contribution < -0.4 is 61.3 Å². The van der Waals surface area contributed by atoms with E-state index in [-0.39, 0.29) is 145 Å². The zero-order valence-corrected chi connectivity index (χ0v) is 63.0. The molecule has 15 heterocycles. The molecule has 12 atom stereocenters. The summed E-state index contributed by atoms with van der Waals surface area (Å²) in [6, 6.07) is -0.941. The summed E-state index contributed by atoms with van der Waals surface area (Å²) in [6.07, 6.45) is -3.93. The minimum absolute atomic E-state index is 0.0380. The van der Waals surface area contributed by atoms with Gasteiger partial charge >= 0.3 is 36.4 Å². The number of aromatic nitrogens is 3. The van der Waals surface area contributed by atoms with E-state index in [1.54, 1.807) is 50.8 Å². The summed E-state index contributed by atoms with van der Waals surface area (Å²) in [6.45, 7) is 11.5. The SMILES string of the molecule is COC[C@@H]1CN(c2noc3c(F)c4c(cc23)CC2(C(=O)NC(=O)NC2=O)[C@H]2[C@H](C)O[C@H](C)CN42)C(=O)O1.C[C@@H]1CN2c3c(cc4c(N5C(=O)OC[C@@H]5CCCF)noc4c3Cl)CC3(C(=O)NC(=O)NC3=O)[C@H]2[C@H](C)O1.C[C@@H]1CN2c3c(cc4c(N5C(=O)OC[C@@H]5CCCO)noc4c3Cl)CC3(C(=O)NC(=O)NC3=O)[C@H]2[C@H](C)O1. The molecule has 7 N–H and O–H groups in total. The predicted octanol–water partition coefficient (Wildman–Crippen LogP) is 4.75. The van der Waals surface area contributed by atoms with Gasteiger partial charge in [0.1, 0.15) is 29.4 Å². The summed E-state index contributed by atoms with van der Waals surface area (Å²) in [5, 5.41) is 36.3. The van der Waals surface area contributed by atoms with Gasteiger partial charge in [-0.1, -0.05) is 38.7 Å². The lowest BCUT2D eigenvalue weighted by atomic mass is 9.66. The third-order valence-electron chi connectivity index (χ3n) is 23.1. The third kappa shape index (κ3) is 11.9. The first-order valence-corrected chi connectivity index (χ1v) is 37.4. The van der Waals surface area contributed by atoms with Crippen LogP contribution >= 0.6 is 23.2 Å². The van der Waals surface area contributed by atoms with Gasteiger partial charge in [0.05, 0.1) is 120 Å². The number of halogens is 4. The van der Waals surface area contributed by atoms with Crippen LogP contribution in [-0.4, -0.2) is 232 Å². The number of cyclic esters (lactones) is 3. The fourth-order valence-electron chi connectivity index (χ4n) is 18.8. The molecule has 12 aliphatic rings. The number of aliphatic hydroxyl groups is 1. The van der Waals surface area contributed by atoms with E-state index in [1.165, 1.54) is 21.8 Å². The highest BCUT2D eigenvalue weighted by Gasteiger charge is 2.67. The third-order valence-corrected chi connectivity index (χ3v) is 23.8. The number of morpholine rings is 3. The molecule has 9 saturated heterocycles. The monoisotopic (exact) mass is 1610 g/mol. The Morgan fingerprint density at radius 2 is 0.876 bits per heavy atom. The molecule has 0 radical (unpaired) electrons. The number of benzene rings is 3. The van der Waals surface area contributed by atoms with Crippen LogP contribution in [0.25, 0.3) is 32.9 Å². The topological polar surface area (TPSA) is 459 Å². The molecule has 113 heavy (non-hydrogen) atoms. The number of imide groups is 6. The van der Waals surface area contributed by atoms with Gasteiger partial charge in [0.15, 0.2) is 50.7 Å². The van der Waals surface area contributed by atoms with Crippen LogP contribution in [0.2, 0.25) is 10.0 Å². The van der Waals surface area contributed by atoms with Crippen LogP contribution in [0.3, 0.4) is 0 Å². The van der Waals surface area contributed by atoms with Gasteiger partial charge in [-0.3, -0.25) is 79.8 Å². The summed E-state index contributed by atoms with van der Waals surface area (Å²) >= 11 is 13.9. The van der Waals surface area contributed by atoms with Gasteiger partial charge in [-0.2, -0.15) is 0 Å². The van der Waals surface area contributed by atoms with Crippen molar-refractivity contribution in [3.8, 4) is 0 Å². The van der Waals surface area contributed by atoms with E-state index in [0.717, 1.165) is 0 Å². The van der Waals surface area contributed by atoms with Crippen molar-refractivity contribution in [3.05, 3.63) is 50.8 Å². The van der Waals surface area contributed by atoms with Gasteiger partial charge in [-0.15, -0.1) is 0 Å². The molecule has 0 unspecified atom stereocenters. The van der Waals surface area contributed by atoms with Crippen LogP contribution in [0.5, 0.6) is 0 Å². The van der Waals surface area contributed by atoms with Gasteiger partial charge in [-0.05, 0) is 115 Å². The van der Waals surface area contributed by atoms with Crippen LogP contribution in [0, 0.1) is 22.1 Å². The van der Waals surface area contributed by atoms with Gasteiger partial charge in [-0.25, -0.2) is 33.2 Å². The zero-order chi connectivity index (χ0) is 80.1. The number of aliphatic hydroxyl groups excluding tert-OH is 1.